The molecule has 0 bridgehead atoms. The number of amides is 1. The summed E-state index contributed by atoms with van der Waals surface area (Å²) in [5, 5.41) is 6.96. The van der Waals surface area contributed by atoms with E-state index in [0.29, 0.717) is 5.92 Å². The Hall–Kier alpha value is -0.770. The van der Waals surface area contributed by atoms with E-state index in [-0.39, 0.29) is 30.3 Å². The highest BCUT2D eigenvalue weighted by Gasteiger charge is 2.28. The van der Waals surface area contributed by atoms with Gasteiger partial charge in [-0.15, -0.1) is 12.4 Å². The molecule has 1 aliphatic rings. The minimum atomic E-state index is 0. The lowest BCUT2D eigenvalue weighted by atomic mass is 9.94. The van der Waals surface area contributed by atoms with Crippen LogP contribution < -0.4 is 10.6 Å². The lowest BCUT2D eigenvalue weighted by Gasteiger charge is -2.30. The molecular weight excluding hydrogens is 283 g/mol. The van der Waals surface area contributed by atoms with Crippen LogP contribution in [0.1, 0.15) is 25.5 Å². The highest BCUT2D eigenvalue weighted by molar-refractivity contribution is 6.30. The molecule has 19 heavy (non-hydrogen) atoms. The molecule has 1 heterocycles. The molecule has 2 rings (SSSR count). The fourth-order valence-electron chi connectivity index (χ4n) is 2.05. The Bertz CT molecular complexity index is 416. The predicted octanol–water partition coefficient (Wildman–Crippen LogP) is 2.79. The van der Waals surface area contributed by atoms with Crippen LogP contribution in [0.15, 0.2) is 24.3 Å². The second-order valence-corrected chi connectivity index (χ2v) is 5.57. The first kappa shape index (κ1) is 16.3. The zero-order valence-electron chi connectivity index (χ0n) is 11.2. The largest absolute Gasteiger partial charge is 0.349 e. The first-order chi connectivity index (χ1) is 8.58. The maximum Gasteiger partial charge on any atom is 0.226 e. The van der Waals surface area contributed by atoms with Crippen LogP contribution in [0.25, 0.3) is 0 Å². The number of benzene rings is 1. The average Bonchev–Trinajstić information content (AvgIpc) is 2.24. The Balaban J connectivity index is 0.00000180. The maximum atomic E-state index is 12.0. The van der Waals surface area contributed by atoms with Crippen LogP contribution in [0.3, 0.4) is 0 Å². The monoisotopic (exact) mass is 302 g/mol. The van der Waals surface area contributed by atoms with Gasteiger partial charge < -0.3 is 10.6 Å². The van der Waals surface area contributed by atoms with E-state index >= 15 is 0 Å². The van der Waals surface area contributed by atoms with E-state index in [0.717, 1.165) is 23.7 Å². The van der Waals surface area contributed by atoms with Crippen molar-refractivity contribution in [3.05, 3.63) is 34.9 Å². The van der Waals surface area contributed by atoms with Crippen LogP contribution in [0, 0.1) is 11.8 Å². The fourth-order valence-corrected chi connectivity index (χ4v) is 2.18. The van der Waals surface area contributed by atoms with Crippen molar-refractivity contribution in [3.63, 3.8) is 0 Å². The van der Waals surface area contributed by atoms with Gasteiger partial charge in [0.1, 0.15) is 0 Å². The maximum absolute atomic E-state index is 12.0. The van der Waals surface area contributed by atoms with E-state index in [1.807, 2.05) is 24.3 Å². The molecule has 0 spiro atoms. The summed E-state index contributed by atoms with van der Waals surface area (Å²) in [6, 6.07) is 7.74. The first-order valence-electron chi connectivity index (χ1n) is 6.34. The summed E-state index contributed by atoms with van der Waals surface area (Å²) in [6.45, 7) is 5.80. The molecule has 1 saturated heterocycles. The SMILES string of the molecule is CC(C)C(NC(=O)C1CNC1)c1ccc(Cl)cc1.Cl. The molecule has 1 aromatic carbocycles. The Kier molecular flexibility index (Phi) is 6.11. The summed E-state index contributed by atoms with van der Waals surface area (Å²) in [7, 11) is 0. The number of hydrogen-bond acceptors (Lipinski definition) is 2. The number of halogens is 2. The third kappa shape index (κ3) is 4.10. The van der Waals surface area contributed by atoms with Crippen LogP contribution in [-0.4, -0.2) is 19.0 Å². The minimum Gasteiger partial charge on any atom is -0.349 e. The standard InChI is InChI=1S/C14H19ClN2O.ClH/c1-9(2)13(10-3-5-12(15)6-4-10)17-14(18)11-7-16-8-11;/h3-6,9,11,13,16H,7-8H2,1-2H3,(H,17,18);1H. The van der Waals surface area contributed by atoms with Gasteiger partial charge in [0.15, 0.2) is 0 Å². The fraction of sp³-hybridized carbons (Fsp3) is 0.500. The molecule has 1 fully saturated rings. The van der Waals surface area contributed by atoms with E-state index < -0.39 is 0 Å². The van der Waals surface area contributed by atoms with Gasteiger partial charge in [-0.25, -0.2) is 0 Å². The highest BCUT2D eigenvalue weighted by Crippen LogP contribution is 2.24. The van der Waals surface area contributed by atoms with Gasteiger partial charge in [-0.2, -0.15) is 0 Å². The summed E-state index contributed by atoms with van der Waals surface area (Å²) in [6.07, 6.45) is 0. The van der Waals surface area contributed by atoms with Crippen molar-refractivity contribution >= 4 is 29.9 Å². The normalized spacial score (nSPS) is 16.4. The Morgan fingerprint density at radius 1 is 1.32 bits per heavy atom. The van der Waals surface area contributed by atoms with Gasteiger partial charge in [0.2, 0.25) is 5.91 Å². The van der Waals surface area contributed by atoms with Gasteiger partial charge in [0, 0.05) is 18.1 Å². The van der Waals surface area contributed by atoms with Crippen molar-refractivity contribution in [1.82, 2.24) is 10.6 Å². The van der Waals surface area contributed by atoms with Crippen LogP contribution >= 0.6 is 24.0 Å². The van der Waals surface area contributed by atoms with Crippen LogP contribution in [0.2, 0.25) is 5.02 Å². The summed E-state index contributed by atoms with van der Waals surface area (Å²) < 4.78 is 0. The van der Waals surface area contributed by atoms with Gasteiger partial charge in [0.05, 0.1) is 12.0 Å². The number of nitrogens with one attached hydrogen (secondary N) is 2. The molecule has 1 amide bonds. The van der Waals surface area contributed by atoms with Gasteiger partial charge in [0.25, 0.3) is 0 Å². The Labute approximate surface area is 125 Å². The summed E-state index contributed by atoms with van der Waals surface area (Å²) in [5.41, 5.74) is 1.11. The molecule has 2 N–H and O–H groups in total. The van der Waals surface area contributed by atoms with Gasteiger partial charge >= 0.3 is 0 Å². The molecular formula is C14H20Cl2N2O. The van der Waals surface area contributed by atoms with Crippen molar-refractivity contribution in [3.8, 4) is 0 Å². The lowest BCUT2D eigenvalue weighted by Crippen LogP contribution is -2.51. The second kappa shape index (κ2) is 7.13. The van der Waals surface area contributed by atoms with Crippen LogP contribution in [0.4, 0.5) is 0 Å². The molecule has 1 unspecified atom stereocenters. The lowest BCUT2D eigenvalue weighted by molar-refractivity contribution is -0.127. The molecule has 1 aromatic rings. The third-order valence-corrected chi connectivity index (χ3v) is 3.60. The molecule has 1 aliphatic heterocycles. The second-order valence-electron chi connectivity index (χ2n) is 5.14. The average molecular weight is 303 g/mol. The summed E-state index contributed by atoms with van der Waals surface area (Å²) >= 11 is 5.89. The summed E-state index contributed by atoms with van der Waals surface area (Å²) in [4.78, 5) is 12.0. The van der Waals surface area contributed by atoms with Gasteiger partial charge in [-0.3, -0.25) is 4.79 Å². The zero-order valence-corrected chi connectivity index (χ0v) is 12.7. The molecule has 0 aliphatic carbocycles. The highest BCUT2D eigenvalue weighted by atomic mass is 35.5. The third-order valence-electron chi connectivity index (χ3n) is 3.35. The van der Waals surface area contributed by atoms with Crippen molar-refractivity contribution in [2.75, 3.05) is 13.1 Å². The molecule has 0 aromatic heterocycles. The number of carbonyl (C=O) groups excluding carboxylic acids is 1. The van der Waals surface area contributed by atoms with Crippen molar-refractivity contribution in [2.45, 2.75) is 19.9 Å². The molecule has 3 nitrogen and oxygen atoms in total. The molecule has 5 heteroatoms. The van der Waals surface area contributed by atoms with E-state index in [4.69, 9.17) is 11.6 Å². The molecule has 0 radical (unpaired) electrons. The number of rotatable bonds is 4. The van der Waals surface area contributed by atoms with E-state index in [2.05, 4.69) is 24.5 Å². The Morgan fingerprint density at radius 3 is 2.32 bits per heavy atom. The number of carbonyl (C=O) groups is 1. The van der Waals surface area contributed by atoms with Crippen LogP contribution in [0.5, 0.6) is 0 Å². The van der Waals surface area contributed by atoms with E-state index in [1.165, 1.54) is 0 Å². The zero-order chi connectivity index (χ0) is 13.1. The topological polar surface area (TPSA) is 41.1 Å². The minimum absolute atomic E-state index is 0. The van der Waals surface area contributed by atoms with Gasteiger partial charge in [-0.1, -0.05) is 37.6 Å². The van der Waals surface area contributed by atoms with Gasteiger partial charge in [-0.05, 0) is 23.6 Å². The molecule has 1 atom stereocenters. The molecule has 106 valence electrons. The smallest absolute Gasteiger partial charge is 0.226 e. The van der Waals surface area contributed by atoms with Crippen LogP contribution in [-0.2, 0) is 4.79 Å². The first-order valence-corrected chi connectivity index (χ1v) is 6.72. The molecule has 0 saturated carbocycles. The Morgan fingerprint density at radius 2 is 1.89 bits per heavy atom. The quantitative estimate of drug-likeness (QED) is 0.898. The van der Waals surface area contributed by atoms with E-state index in [1.54, 1.807) is 0 Å². The van der Waals surface area contributed by atoms with Crippen molar-refractivity contribution in [1.29, 1.82) is 0 Å². The predicted molar refractivity (Wildman–Crippen MR) is 80.8 cm³/mol. The van der Waals surface area contributed by atoms with Crippen molar-refractivity contribution in [2.24, 2.45) is 11.8 Å². The number of hydrogen-bond donors (Lipinski definition) is 2. The van der Waals surface area contributed by atoms with Crippen molar-refractivity contribution < 1.29 is 4.79 Å². The van der Waals surface area contributed by atoms with E-state index in [9.17, 15) is 4.79 Å². The summed E-state index contributed by atoms with van der Waals surface area (Å²) in [5.74, 6) is 0.615.